The number of hydrogen-bond donors (Lipinski definition) is 0. The number of hydrogen-bond acceptors (Lipinski definition) is 3. The van der Waals surface area contributed by atoms with E-state index in [1.165, 1.54) is 24.9 Å². The third-order valence-electron chi connectivity index (χ3n) is 4.44. The van der Waals surface area contributed by atoms with E-state index in [0.29, 0.717) is 6.04 Å². The van der Waals surface area contributed by atoms with Crippen molar-refractivity contribution in [2.24, 2.45) is 0 Å². The van der Waals surface area contributed by atoms with E-state index in [1.54, 1.807) is 7.11 Å². The Morgan fingerprint density at radius 3 is 2.70 bits per heavy atom. The highest BCUT2D eigenvalue weighted by atomic mass is 16.5. The highest BCUT2D eigenvalue weighted by molar-refractivity contribution is 5.31. The Labute approximate surface area is 138 Å². The summed E-state index contributed by atoms with van der Waals surface area (Å²) in [5.74, 6) is 1.90. The van der Waals surface area contributed by atoms with Crippen LogP contribution in [0.2, 0.25) is 0 Å². The summed E-state index contributed by atoms with van der Waals surface area (Å²) < 4.78 is 11.2. The number of para-hydroxylation sites is 1. The number of rotatable bonds is 7. The van der Waals surface area contributed by atoms with Gasteiger partial charge >= 0.3 is 0 Å². The molecule has 0 spiro atoms. The normalized spacial score (nSPS) is 18.0. The molecule has 3 rings (SSSR count). The van der Waals surface area contributed by atoms with E-state index in [-0.39, 0.29) is 0 Å². The Balaban J connectivity index is 1.51. The molecule has 2 aromatic rings. The molecule has 0 aromatic heterocycles. The summed E-state index contributed by atoms with van der Waals surface area (Å²) in [4.78, 5) is 2.57. The maximum absolute atomic E-state index is 5.80. The first-order chi connectivity index (χ1) is 11.4. The first-order valence-corrected chi connectivity index (χ1v) is 8.42. The minimum absolute atomic E-state index is 0.516. The maximum atomic E-state index is 5.80. The lowest BCUT2D eigenvalue weighted by atomic mass is 10.0. The SMILES string of the molecule is COc1cccc(C2CCCN2CCCOc2ccccc2)c1. The van der Waals surface area contributed by atoms with E-state index in [2.05, 4.69) is 23.1 Å². The van der Waals surface area contributed by atoms with Crippen molar-refractivity contribution < 1.29 is 9.47 Å². The fourth-order valence-electron chi connectivity index (χ4n) is 3.29. The molecule has 3 nitrogen and oxygen atoms in total. The highest BCUT2D eigenvalue weighted by Crippen LogP contribution is 2.33. The summed E-state index contributed by atoms with van der Waals surface area (Å²) in [6.45, 7) is 3.02. The molecule has 1 saturated heterocycles. The second kappa shape index (κ2) is 8.02. The van der Waals surface area contributed by atoms with Gasteiger partial charge in [0.15, 0.2) is 0 Å². The molecular weight excluding hydrogens is 286 g/mol. The fraction of sp³-hybridized carbons (Fsp3) is 0.400. The Hall–Kier alpha value is -2.00. The monoisotopic (exact) mass is 311 g/mol. The van der Waals surface area contributed by atoms with Gasteiger partial charge in [-0.3, -0.25) is 4.90 Å². The molecule has 0 aliphatic carbocycles. The van der Waals surface area contributed by atoms with Crippen molar-refractivity contribution in [3.8, 4) is 11.5 Å². The van der Waals surface area contributed by atoms with Crippen LogP contribution in [0.5, 0.6) is 11.5 Å². The molecule has 0 saturated carbocycles. The smallest absolute Gasteiger partial charge is 0.119 e. The molecule has 1 aliphatic rings. The lowest BCUT2D eigenvalue weighted by Gasteiger charge is -2.25. The average Bonchev–Trinajstić information content (AvgIpc) is 3.08. The van der Waals surface area contributed by atoms with Gasteiger partial charge in [0.25, 0.3) is 0 Å². The van der Waals surface area contributed by atoms with E-state index in [1.807, 2.05) is 36.4 Å². The third kappa shape index (κ3) is 4.26. The summed E-state index contributed by atoms with van der Waals surface area (Å²) in [5, 5.41) is 0. The largest absolute Gasteiger partial charge is 0.497 e. The van der Waals surface area contributed by atoms with Crippen molar-refractivity contribution in [2.75, 3.05) is 26.8 Å². The van der Waals surface area contributed by atoms with E-state index in [9.17, 15) is 0 Å². The van der Waals surface area contributed by atoms with Crippen molar-refractivity contribution >= 4 is 0 Å². The first kappa shape index (κ1) is 15.9. The lowest BCUT2D eigenvalue weighted by molar-refractivity contribution is 0.222. The molecule has 23 heavy (non-hydrogen) atoms. The van der Waals surface area contributed by atoms with Gasteiger partial charge in [-0.15, -0.1) is 0 Å². The second-order valence-electron chi connectivity index (χ2n) is 5.99. The van der Waals surface area contributed by atoms with Crippen molar-refractivity contribution in [2.45, 2.75) is 25.3 Å². The Kier molecular flexibility index (Phi) is 5.54. The molecule has 2 aromatic carbocycles. The average molecular weight is 311 g/mol. The predicted molar refractivity (Wildman–Crippen MR) is 93.1 cm³/mol. The summed E-state index contributed by atoms with van der Waals surface area (Å²) in [7, 11) is 1.73. The van der Waals surface area contributed by atoms with Crippen LogP contribution in [-0.4, -0.2) is 31.7 Å². The zero-order valence-corrected chi connectivity index (χ0v) is 13.8. The summed E-state index contributed by atoms with van der Waals surface area (Å²) in [5.41, 5.74) is 1.37. The van der Waals surface area contributed by atoms with Gasteiger partial charge in [-0.25, -0.2) is 0 Å². The standard InChI is InChI=1S/C20H25NO2/c1-22-19-11-5-8-17(16-19)20-12-6-13-21(20)14-7-15-23-18-9-3-2-4-10-18/h2-5,8-11,16,20H,6-7,12-15H2,1H3. The molecule has 0 radical (unpaired) electrons. The molecular formula is C20H25NO2. The predicted octanol–water partition coefficient (Wildman–Crippen LogP) is 4.30. The van der Waals surface area contributed by atoms with Crippen LogP contribution < -0.4 is 9.47 Å². The van der Waals surface area contributed by atoms with E-state index in [0.717, 1.165) is 31.1 Å². The molecule has 3 heteroatoms. The van der Waals surface area contributed by atoms with Crippen LogP contribution in [0, 0.1) is 0 Å². The summed E-state index contributed by atoms with van der Waals surface area (Å²) >= 11 is 0. The van der Waals surface area contributed by atoms with Gasteiger partial charge in [-0.2, -0.15) is 0 Å². The second-order valence-corrected chi connectivity index (χ2v) is 5.99. The first-order valence-electron chi connectivity index (χ1n) is 8.42. The van der Waals surface area contributed by atoms with Crippen LogP contribution in [-0.2, 0) is 0 Å². The zero-order chi connectivity index (χ0) is 15.9. The molecule has 1 aliphatic heterocycles. The maximum Gasteiger partial charge on any atom is 0.119 e. The Morgan fingerprint density at radius 1 is 1.04 bits per heavy atom. The number of nitrogens with zero attached hydrogens (tertiary/aromatic N) is 1. The van der Waals surface area contributed by atoms with Crippen molar-refractivity contribution in [3.05, 3.63) is 60.2 Å². The molecule has 1 unspecified atom stereocenters. The van der Waals surface area contributed by atoms with E-state index < -0.39 is 0 Å². The number of likely N-dealkylation sites (tertiary alicyclic amines) is 1. The van der Waals surface area contributed by atoms with Crippen molar-refractivity contribution in [1.29, 1.82) is 0 Å². The van der Waals surface area contributed by atoms with E-state index in [4.69, 9.17) is 9.47 Å². The molecule has 122 valence electrons. The number of methoxy groups -OCH3 is 1. The summed E-state index contributed by atoms with van der Waals surface area (Å²) in [6.07, 6.45) is 3.55. The van der Waals surface area contributed by atoms with Gasteiger partial charge in [-0.05, 0) is 55.6 Å². The molecule has 1 atom stereocenters. The van der Waals surface area contributed by atoms with E-state index >= 15 is 0 Å². The topological polar surface area (TPSA) is 21.7 Å². The number of benzene rings is 2. The molecule has 0 bridgehead atoms. The quantitative estimate of drug-likeness (QED) is 0.712. The van der Waals surface area contributed by atoms with Crippen LogP contribution in [0.3, 0.4) is 0 Å². The summed E-state index contributed by atoms with van der Waals surface area (Å²) in [6, 6.07) is 19.0. The fourth-order valence-corrected chi connectivity index (χ4v) is 3.29. The lowest BCUT2D eigenvalue weighted by Crippen LogP contribution is -2.25. The Morgan fingerprint density at radius 2 is 1.87 bits per heavy atom. The highest BCUT2D eigenvalue weighted by Gasteiger charge is 2.25. The van der Waals surface area contributed by atoms with Crippen LogP contribution in [0.4, 0.5) is 0 Å². The molecule has 0 N–H and O–H groups in total. The Bertz CT molecular complexity index is 600. The molecule has 1 fully saturated rings. The van der Waals surface area contributed by atoms with Gasteiger partial charge in [0.05, 0.1) is 13.7 Å². The minimum Gasteiger partial charge on any atom is -0.497 e. The van der Waals surface area contributed by atoms with Gasteiger partial charge in [0.2, 0.25) is 0 Å². The molecule has 0 amide bonds. The zero-order valence-electron chi connectivity index (χ0n) is 13.8. The number of ether oxygens (including phenoxy) is 2. The van der Waals surface area contributed by atoms with Crippen LogP contribution in [0.25, 0.3) is 0 Å². The van der Waals surface area contributed by atoms with Gasteiger partial charge in [0, 0.05) is 12.6 Å². The van der Waals surface area contributed by atoms with Gasteiger partial charge in [-0.1, -0.05) is 30.3 Å². The van der Waals surface area contributed by atoms with Crippen LogP contribution >= 0.6 is 0 Å². The minimum atomic E-state index is 0.516. The molecule has 1 heterocycles. The third-order valence-corrected chi connectivity index (χ3v) is 4.44. The van der Waals surface area contributed by atoms with Gasteiger partial charge in [0.1, 0.15) is 11.5 Å². The van der Waals surface area contributed by atoms with Crippen molar-refractivity contribution in [1.82, 2.24) is 4.90 Å². The van der Waals surface area contributed by atoms with Crippen LogP contribution in [0.1, 0.15) is 30.9 Å². The van der Waals surface area contributed by atoms with Crippen molar-refractivity contribution in [3.63, 3.8) is 0 Å². The van der Waals surface area contributed by atoms with Crippen LogP contribution in [0.15, 0.2) is 54.6 Å². The van der Waals surface area contributed by atoms with Gasteiger partial charge < -0.3 is 9.47 Å².